The first-order valence-electron chi connectivity index (χ1n) is 5.47. The molecule has 2 N–H and O–H groups in total. The van der Waals surface area contributed by atoms with Gasteiger partial charge < -0.3 is 10.5 Å². The van der Waals surface area contributed by atoms with E-state index in [9.17, 15) is 0 Å². The van der Waals surface area contributed by atoms with Gasteiger partial charge in [-0.05, 0) is 37.6 Å². The van der Waals surface area contributed by atoms with E-state index in [1.807, 2.05) is 18.2 Å². The fourth-order valence-corrected chi connectivity index (χ4v) is 1.69. The Bertz CT molecular complexity index is 482. The summed E-state index contributed by atoms with van der Waals surface area (Å²) in [6.45, 7) is 0.706. The van der Waals surface area contributed by atoms with Crippen LogP contribution in [0.4, 0.5) is 0 Å². The molecule has 1 heterocycles. The topological polar surface area (TPSA) is 48.1 Å². The van der Waals surface area contributed by atoms with E-state index in [4.69, 9.17) is 10.5 Å². The number of nitrogens with zero attached hydrogens (tertiary/aromatic N) is 1. The van der Waals surface area contributed by atoms with Crippen molar-refractivity contribution in [3.05, 3.63) is 36.0 Å². The van der Waals surface area contributed by atoms with Crippen LogP contribution in [0.25, 0.3) is 10.9 Å². The highest BCUT2D eigenvalue weighted by Crippen LogP contribution is 2.19. The molecule has 0 atom stereocenters. The molecule has 0 aliphatic rings. The molecule has 0 spiro atoms. The quantitative estimate of drug-likeness (QED) is 0.851. The molecule has 1 aromatic heterocycles. The first-order valence-corrected chi connectivity index (χ1v) is 5.47. The van der Waals surface area contributed by atoms with Crippen LogP contribution >= 0.6 is 0 Å². The van der Waals surface area contributed by atoms with Crippen molar-refractivity contribution in [3.63, 3.8) is 0 Å². The van der Waals surface area contributed by atoms with Gasteiger partial charge in [0.05, 0.1) is 12.6 Å². The van der Waals surface area contributed by atoms with Gasteiger partial charge in [-0.2, -0.15) is 0 Å². The lowest BCUT2D eigenvalue weighted by molar-refractivity contribution is 0.415. The number of aryl methyl sites for hydroxylation is 1. The molecule has 0 amide bonds. The maximum absolute atomic E-state index is 5.49. The predicted molar refractivity (Wildman–Crippen MR) is 65.7 cm³/mol. The van der Waals surface area contributed by atoms with Crippen LogP contribution in [0.3, 0.4) is 0 Å². The van der Waals surface area contributed by atoms with Crippen LogP contribution in [-0.2, 0) is 6.42 Å². The summed E-state index contributed by atoms with van der Waals surface area (Å²) >= 11 is 0. The molecular formula is C13H16N2O. The molecule has 0 unspecified atom stereocenters. The van der Waals surface area contributed by atoms with Crippen LogP contribution < -0.4 is 10.5 Å². The fourth-order valence-electron chi connectivity index (χ4n) is 1.69. The summed E-state index contributed by atoms with van der Waals surface area (Å²) in [5.74, 6) is 0.843. The molecule has 84 valence electrons. The molecule has 3 nitrogen and oxygen atoms in total. The Balaban J connectivity index is 2.35. The molecule has 0 saturated heterocycles. The summed E-state index contributed by atoms with van der Waals surface area (Å²) in [6.07, 6.45) is 1.91. The van der Waals surface area contributed by atoms with E-state index >= 15 is 0 Å². The Hall–Kier alpha value is -1.61. The van der Waals surface area contributed by atoms with Crippen molar-refractivity contribution in [1.29, 1.82) is 0 Å². The Morgan fingerprint density at radius 1 is 1.25 bits per heavy atom. The number of methoxy groups -OCH3 is 1. The van der Waals surface area contributed by atoms with Crippen LogP contribution in [-0.4, -0.2) is 18.6 Å². The van der Waals surface area contributed by atoms with E-state index in [2.05, 4.69) is 17.1 Å². The maximum Gasteiger partial charge on any atom is 0.121 e. The van der Waals surface area contributed by atoms with E-state index in [0.717, 1.165) is 35.2 Å². The van der Waals surface area contributed by atoms with Gasteiger partial charge >= 0.3 is 0 Å². The van der Waals surface area contributed by atoms with Crippen molar-refractivity contribution < 1.29 is 4.74 Å². The minimum Gasteiger partial charge on any atom is -0.497 e. The second-order valence-corrected chi connectivity index (χ2v) is 3.75. The smallest absolute Gasteiger partial charge is 0.121 e. The minimum absolute atomic E-state index is 0.706. The van der Waals surface area contributed by atoms with Crippen molar-refractivity contribution >= 4 is 10.9 Å². The molecule has 0 bridgehead atoms. The third kappa shape index (κ3) is 2.31. The Labute approximate surface area is 95.2 Å². The van der Waals surface area contributed by atoms with Crippen LogP contribution in [0.5, 0.6) is 5.75 Å². The Morgan fingerprint density at radius 2 is 2.06 bits per heavy atom. The van der Waals surface area contributed by atoms with Crippen LogP contribution in [0.2, 0.25) is 0 Å². The first-order chi connectivity index (χ1) is 7.83. The summed E-state index contributed by atoms with van der Waals surface area (Å²) < 4.78 is 5.18. The largest absolute Gasteiger partial charge is 0.497 e. The lowest BCUT2D eigenvalue weighted by Gasteiger charge is -2.04. The maximum atomic E-state index is 5.49. The molecule has 0 aliphatic heterocycles. The van der Waals surface area contributed by atoms with Gasteiger partial charge in [-0.3, -0.25) is 4.98 Å². The van der Waals surface area contributed by atoms with Crippen molar-refractivity contribution in [1.82, 2.24) is 4.98 Å². The molecule has 2 aromatic rings. The normalized spacial score (nSPS) is 10.6. The summed E-state index contributed by atoms with van der Waals surface area (Å²) in [5, 5.41) is 1.14. The lowest BCUT2D eigenvalue weighted by Crippen LogP contribution is -2.01. The molecule has 1 aromatic carbocycles. The van der Waals surface area contributed by atoms with E-state index in [1.54, 1.807) is 7.11 Å². The number of hydrogen-bond acceptors (Lipinski definition) is 3. The van der Waals surface area contributed by atoms with Crippen LogP contribution in [0, 0.1) is 0 Å². The zero-order chi connectivity index (χ0) is 11.4. The molecule has 0 radical (unpaired) electrons. The van der Waals surface area contributed by atoms with Gasteiger partial charge in [-0.1, -0.05) is 6.07 Å². The van der Waals surface area contributed by atoms with E-state index in [0.29, 0.717) is 6.54 Å². The third-order valence-corrected chi connectivity index (χ3v) is 2.59. The van der Waals surface area contributed by atoms with Crippen LogP contribution in [0.1, 0.15) is 12.1 Å². The van der Waals surface area contributed by atoms with Gasteiger partial charge in [-0.15, -0.1) is 0 Å². The highest BCUT2D eigenvalue weighted by atomic mass is 16.5. The molecule has 16 heavy (non-hydrogen) atoms. The summed E-state index contributed by atoms with van der Waals surface area (Å²) in [5.41, 5.74) is 7.56. The summed E-state index contributed by atoms with van der Waals surface area (Å²) in [4.78, 5) is 4.59. The van der Waals surface area contributed by atoms with Crippen molar-refractivity contribution in [2.75, 3.05) is 13.7 Å². The zero-order valence-corrected chi connectivity index (χ0v) is 9.44. The van der Waals surface area contributed by atoms with E-state index in [1.165, 1.54) is 0 Å². The van der Waals surface area contributed by atoms with Gasteiger partial charge in [0.25, 0.3) is 0 Å². The van der Waals surface area contributed by atoms with Gasteiger partial charge in [-0.25, -0.2) is 0 Å². The SMILES string of the molecule is COc1ccc2ccc(CCCN)nc2c1. The van der Waals surface area contributed by atoms with Gasteiger partial charge in [0, 0.05) is 17.1 Å². The average molecular weight is 216 g/mol. The third-order valence-electron chi connectivity index (χ3n) is 2.59. The highest BCUT2D eigenvalue weighted by molar-refractivity contribution is 5.80. The highest BCUT2D eigenvalue weighted by Gasteiger charge is 2.00. The van der Waals surface area contributed by atoms with Gasteiger partial charge in [0.1, 0.15) is 5.75 Å². The molecule has 0 aliphatic carbocycles. The van der Waals surface area contributed by atoms with E-state index in [-0.39, 0.29) is 0 Å². The lowest BCUT2D eigenvalue weighted by atomic mass is 10.1. The number of ether oxygens (including phenoxy) is 1. The number of rotatable bonds is 4. The van der Waals surface area contributed by atoms with Gasteiger partial charge in [0.2, 0.25) is 0 Å². The molecule has 0 saturated carbocycles. The van der Waals surface area contributed by atoms with Crippen molar-refractivity contribution in [2.45, 2.75) is 12.8 Å². The summed E-state index contributed by atoms with van der Waals surface area (Å²) in [7, 11) is 1.67. The average Bonchev–Trinajstić information content (AvgIpc) is 2.35. The second kappa shape index (κ2) is 4.94. The number of nitrogens with two attached hydrogens (primary N) is 1. The van der Waals surface area contributed by atoms with Gasteiger partial charge in [0.15, 0.2) is 0 Å². The second-order valence-electron chi connectivity index (χ2n) is 3.75. The van der Waals surface area contributed by atoms with Crippen LogP contribution in [0.15, 0.2) is 30.3 Å². The monoisotopic (exact) mass is 216 g/mol. The minimum atomic E-state index is 0.706. The molecule has 3 heteroatoms. The summed E-state index contributed by atoms with van der Waals surface area (Å²) in [6, 6.07) is 10.1. The number of fused-ring (bicyclic) bond motifs is 1. The Kier molecular flexibility index (Phi) is 3.37. The number of benzene rings is 1. The number of pyridine rings is 1. The zero-order valence-electron chi connectivity index (χ0n) is 9.44. The van der Waals surface area contributed by atoms with Crippen molar-refractivity contribution in [3.8, 4) is 5.75 Å². The van der Waals surface area contributed by atoms with Crippen molar-refractivity contribution in [2.24, 2.45) is 5.73 Å². The standard InChI is InChI=1S/C13H16N2O/c1-16-12-7-5-10-4-6-11(3-2-8-14)15-13(10)9-12/h4-7,9H,2-3,8,14H2,1H3. The molecular weight excluding hydrogens is 200 g/mol. The number of aromatic nitrogens is 1. The van der Waals surface area contributed by atoms with E-state index < -0.39 is 0 Å². The predicted octanol–water partition coefficient (Wildman–Crippen LogP) is 2.13. The first kappa shape index (κ1) is 10.9. The Morgan fingerprint density at radius 3 is 2.81 bits per heavy atom. The number of hydrogen-bond donors (Lipinski definition) is 1. The molecule has 2 rings (SSSR count). The fraction of sp³-hybridized carbons (Fsp3) is 0.308. The molecule has 0 fully saturated rings.